The van der Waals surface area contributed by atoms with Crippen LogP contribution in [0.3, 0.4) is 0 Å². The predicted molar refractivity (Wildman–Crippen MR) is 118 cm³/mol. The van der Waals surface area contributed by atoms with E-state index in [0.717, 1.165) is 25.0 Å². The third-order valence-electron chi connectivity index (χ3n) is 5.87. The Morgan fingerprint density at radius 3 is 3.07 bits per heavy atom. The third kappa shape index (κ3) is 3.24. The molecule has 0 spiro atoms. The van der Waals surface area contributed by atoms with Gasteiger partial charge < -0.3 is 15.5 Å². The normalized spacial score (nSPS) is 23.3. The van der Waals surface area contributed by atoms with Crippen molar-refractivity contribution in [2.45, 2.75) is 24.8 Å². The van der Waals surface area contributed by atoms with Crippen LogP contribution in [-0.2, 0) is 5.54 Å². The van der Waals surface area contributed by atoms with Crippen molar-refractivity contribution in [1.29, 1.82) is 0 Å². The molecule has 1 saturated carbocycles. The summed E-state index contributed by atoms with van der Waals surface area (Å²) in [6.07, 6.45) is 6.00. The molecule has 0 radical (unpaired) electrons. The largest absolute Gasteiger partial charge is 0.379 e. The van der Waals surface area contributed by atoms with E-state index in [4.69, 9.17) is 22.3 Å². The van der Waals surface area contributed by atoms with E-state index in [-0.39, 0.29) is 23.3 Å². The van der Waals surface area contributed by atoms with Crippen molar-refractivity contribution in [2.24, 2.45) is 16.6 Å². The number of pyridine rings is 1. The monoisotopic (exact) mass is 443 g/mol. The maximum atomic E-state index is 14.9. The fraction of sp³-hybridized carbons (Fsp3) is 0.286. The van der Waals surface area contributed by atoms with Crippen molar-refractivity contribution in [2.75, 3.05) is 11.1 Å². The van der Waals surface area contributed by atoms with Crippen LogP contribution in [0.1, 0.15) is 35.3 Å². The molecule has 5 rings (SSSR count). The van der Waals surface area contributed by atoms with Crippen molar-refractivity contribution < 1.29 is 9.18 Å². The molecule has 9 heteroatoms. The second-order valence-corrected chi connectivity index (χ2v) is 9.14. The number of hydrogen-bond donors (Lipinski definition) is 2. The zero-order chi connectivity index (χ0) is 20.9. The van der Waals surface area contributed by atoms with Crippen LogP contribution in [0.5, 0.6) is 0 Å². The summed E-state index contributed by atoms with van der Waals surface area (Å²) >= 11 is 7.52. The Hall–Kier alpha value is -2.58. The second-order valence-electron chi connectivity index (χ2n) is 7.66. The number of imidazole rings is 1. The van der Waals surface area contributed by atoms with Crippen molar-refractivity contribution in [3.8, 4) is 0 Å². The number of amidine groups is 1. The Bertz CT molecular complexity index is 1200. The van der Waals surface area contributed by atoms with Gasteiger partial charge in [-0.3, -0.25) is 9.79 Å². The summed E-state index contributed by atoms with van der Waals surface area (Å²) in [4.78, 5) is 21.8. The van der Waals surface area contributed by atoms with Crippen LogP contribution in [0.2, 0.25) is 5.02 Å². The lowest BCUT2D eigenvalue weighted by Crippen LogP contribution is -2.37. The molecule has 0 bridgehead atoms. The lowest BCUT2D eigenvalue weighted by atomic mass is 9.81. The highest BCUT2D eigenvalue weighted by Crippen LogP contribution is 2.51. The van der Waals surface area contributed by atoms with Gasteiger partial charge in [-0.2, -0.15) is 0 Å². The zero-order valence-electron chi connectivity index (χ0n) is 15.9. The van der Waals surface area contributed by atoms with Gasteiger partial charge in [0.1, 0.15) is 17.2 Å². The van der Waals surface area contributed by atoms with Crippen molar-refractivity contribution in [1.82, 2.24) is 9.38 Å². The van der Waals surface area contributed by atoms with Gasteiger partial charge in [-0.05, 0) is 49.1 Å². The minimum Gasteiger partial charge on any atom is -0.379 e. The number of hydrogen-bond acceptors (Lipinski definition) is 5. The quantitative estimate of drug-likeness (QED) is 0.626. The minimum atomic E-state index is -0.653. The number of nitrogens with one attached hydrogen (secondary N) is 1. The minimum absolute atomic E-state index is 0.235. The SMILES string of the molecule is NC1=NC2(c3cc(NC(=O)c4cn5cc(Cl)ccc5n4)ccc3F)CCCC2CS1. The first-order valence-corrected chi connectivity index (χ1v) is 11.0. The third-order valence-corrected chi connectivity index (χ3v) is 7.05. The smallest absolute Gasteiger partial charge is 0.275 e. The van der Waals surface area contributed by atoms with Gasteiger partial charge in [0, 0.05) is 29.4 Å². The van der Waals surface area contributed by atoms with Gasteiger partial charge in [0.05, 0.1) is 10.6 Å². The van der Waals surface area contributed by atoms with E-state index in [1.165, 1.54) is 17.8 Å². The van der Waals surface area contributed by atoms with Gasteiger partial charge in [0.25, 0.3) is 5.91 Å². The molecule has 2 atom stereocenters. The highest BCUT2D eigenvalue weighted by Gasteiger charge is 2.48. The van der Waals surface area contributed by atoms with Crippen LogP contribution in [0.25, 0.3) is 5.65 Å². The lowest BCUT2D eigenvalue weighted by Gasteiger charge is -2.36. The molecule has 154 valence electrons. The molecule has 30 heavy (non-hydrogen) atoms. The molecular formula is C21H19ClFN5OS. The number of carbonyl (C=O) groups is 1. The number of nitrogens with zero attached hydrogens (tertiary/aromatic N) is 3. The average molecular weight is 444 g/mol. The first kappa shape index (κ1) is 19.4. The van der Waals surface area contributed by atoms with Crippen LogP contribution in [-0.4, -0.2) is 26.2 Å². The molecule has 3 heterocycles. The summed E-state index contributed by atoms with van der Waals surface area (Å²) in [6, 6.07) is 8.06. The Labute approximate surface area is 181 Å². The summed E-state index contributed by atoms with van der Waals surface area (Å²) in [5.74, 6) is 0.356. The van der Waals surface area contributed by atoms with Crippen LogP contribution >= 0.6 is 23.4 Å². The number of fused-ring (bicyclic) bond motifs is 2. The van der Waals surface area contributed by atoms with Gasteiger partial charge >= 0.3 is 0 Å². The van der Waals surface area contributed by atoms with Gasteiger partial charge in [-0.15, -0.1) is 0 Å². The zero-order valence-corrected chi connectivity index (χ0v) is 17.5. The molecule has 6 nitrogen and oxygen atoms in total. The van der Waals surface area contributed by atoms with E-state index >= 15 is 0 Å². The highest BCUT2D eigenvalue weighted by molar-refractivity contribution is 8.13. The van der Waals surface area contributed by atoms with Gasteiger partial charge in [0.15, 0.2) is 5.17 Å². The molecule has 3 aromatic rings. The predicted octanol–water partition coefficient (Wildman–Crippen LogP) is 4.44. The molecule has 2 aliphatic rings. The molecule has 2 aromatic heterocycles. The number of aliphatic imine (C=N–C) groups is 1. The topological polar surface area (TPSA) is 84.8 Å². The summed E-state index contributed by atoms with van der Waals surface area (Å²) in [6.45, 7) is 0. The van der Waals surface area contributed by atoms with Crippen LogP contribution in [0.4, 0.5) is 10.1 Å². The van der Waals surface area contributed by atoms with E-state index in [0.29, 0.717) is 27.1 Å². The number of carbonyl (C=O) groups excluding carboxylic acids is 1. The molecule has 1 aliphatic carbocycles. The number of thioether (sulfide) groups is 1. The first-order chi connectivity index (χ1) is 14.4. The number of nitrogens with two attached hydrogens (primary N) is 1. The second kappa shape index (κ2) is 7.28. The number of aromatic nitrogens is 2. The van der Waals surface area contributed by atoms with Crippen molar-refractivity contribution in [3.63, 3.8) is 0 Å². The van der Waals surface area contributed by atoms with Crippen LogP contribution in [0.15, 0.2) is 47.7 Å². The maximum Gasteiger partial charge on any atom is 0.275 e. The van der Waals surface area contributed by atoms with E-state index in [2.05, 4.69) is 10.3 Å². The van der Waals surface area contributed by atoms with Gasteiger partial charge in [-0.1, -0.05) is 29.8 Å². The summed E-state index contributed by atoms with van der Waals surface area (Å²) in [5.41, 5.74) is 7.20. The molecule has 1 amide bonds. The van der Waals surface area contributed by atoms with Gasteiger partial charge in [0.2, 0.25) is 0 Å². The molecule has 1 fully saturated rings. The summed E-state index contributed by atoms with van der Waals surface area (Å²) in [7, 11) is 0. The molecular weight excluding hydrogens is 425 g/mol. The Morgan fingerprint density at radius 1 is 1.33 bits per heavy atom. The summed E-state index contributed by atoms with van der Waals surface area (Å²) < 4.78 is 16.6. The number of rotatable bonds is 3. The van der Waals surface area contributed by atoms with E-state index < -0.39 is 5.54 Å². The molecule has 0 saturated heterocycles. The van der Waals surface area contributed by atoms with E-state index in [9.17, 15) is 9.18 Å². The Kier molecular flexibility index (Phi) is 4.71. The Balaban J connectivity index is 1.47. The van der Waals surface area contributed by atoms with E-state index in [1.54, 1.807) is 41.1 Å². The average Bonchev–Trinajstić information content (AvgIpc) is 3.33. The number of halogens is 2. The fourth-order valence-corrected chi connectivity index (χ4v) is 5.67. The van der Waals surface area contributed by atoms with Gasteiger partial charge in [-0.25, -0.2) is 9.37 Å². The lowest BCUT2D eigenvalue weighted by molar-refractivity contribution is 0.102. The molecule has 3 N–H and O–H groups in total. The molecule has 2 unspecified atom stereocenters. The van der Waals surface area contributed by atoms with Crippen LogP contribution < -0.4 is 11.1 Å². The number of benzene rings is 1. The summed E-state index contributed by atoms with van der Waals surface area (Å²) in [5, 5.41) is 3.87. The fourth-order valence-electron chi connectivity index (χ4n) is 4.46. The highest BCUT2D eigenvalue weighted by atomic mass is 35.5. The van der Waals surface area contributed by atoms with Crippen molar-refractivity contribution in [3.05, 3.63) is 64.8 Å². The van der Waals surface area contributed by atoms with E-state index in [1.807, 2.05) is 0 Å². The van der Waals surface area contributed by atoms with Crippen molar-refractivity contribution >= 4 is 45.8 Å². The van der Waals surface area contributed by atoms with Crippen LogP contribution in [0, 0.1) is 11.7 Å². The maximum absolute atomic E-state index is 14.9. The Morgan fingerprint density at radius 2 is 2.20 bits per heavy atom. The first-order valence-electron chi connectivity index (χ1n) is 9.68. The molecule has 1 aromatic carbocycles. The standard InChI is InChI=1S/C21H19ClFN5OS/c22-13-3-6-18-26-17(10-28(18)9-13)19(29)25-14-4-5-16(23)15(8-14)21-7-1-2-12(21)11-30-20(24)27-21/h3-6,8-10,12H,1-2,7,11H2,(H2,24,27)(H,25,29). The number of amides is 1. The number of anilines is 1. The molecule has 1 aliphatic heterocycles.